The van der Waals surface area contributed by atoms with Crippen LogP contribution in [-0.2, 0) is 9.59 Å². The summed E-state index contributed by atoms with van der Waals surface area (Å²) in [6, 6.07) is 9.25. The number of aryl methyl sites for hydroxylation is 1. The largest absolute Gasteiger partial charge is 0.493 e. The number of halogens is 1. The highest BCUT2D eigenvalue weighted by Crippen LogP contribution is 2.60. The number of hydrogen-bond donors (Lipinski definition) is 0. The molecule has 45 heavy (non-hydrogen) atoms. The van der Waals surface area contributed by atoms with E-state index in [2.05, 4.69) is 30.9 Å². The van der Waals surface area contributed by atoms with E-state index in [4.69, 9.17) is 14.2 Å². The number of hydrogen-bond acceptors (Lipinski definition) is 6. The lowest BCUT2D eigenvalue weighted by Gasteiger charge is -2.35. The van der Waals surface area contributed by atoms with Gasteiger partial charge < -0.3 is 24.0 Å². The Hall–Kier alpha value is -3.33. The molecule has 4 aliphatic rings. The number of amides is 2. The van der Waals surface area contributed by atoms with E-state index >= 15 is 0 Å². The van der Waals surface area contributed by atoms with Gasteiger partial charge in [0, 0.05) is 43.3 Å². The van der Waals surface area contributed by atoms with Crippen LogP contribution in [0, 0.1) is 18.7 Å². The molecule has 2 aromatic rings. The summed E-state index contributed by atoms with van der Waals surface area (Å²) in [6.45, 7) is 8.93. The van der Waals surface area contributed by atoms with Crippen molar-refractivity contribution in [3.8, 4) is 17.2 Å². The molecule has 0 radical (unpaired) electrons. The summed E-state index contributed by atoms with van der Waals surface area (Å²) in [5.74, 6) is 2.70. The van der Waals surface area contributed by atoms with Gasteiger partial charge in [-0.1, -0.05) is 26.7 Å². The predicted molar refractivity (Wildman–Crippen MR) is 172 cm³/mol. The first-order valence-corrected chi connectivity index (χ1v) is 16.9. The molecule has 3 heterocycles. The van der Waals surface area contributed by atoms with Gasteiger partial charge in [-0.15, -0.1) is 0 Å². The number of fused-ring (bicyclic) bond motifs is 1. The lowest BCUT2D eigenvalue weighted by molar-refractivity contribution is -0.127. The minimum Gasteiger partial charge on any atom is -0.493 e. The number of likely N-dealkylation sites (tertiary alicyclic amines) is 2. The third kappa shape index (κ3) is 6.25. The average Bonchev–Trinajstić information content (AvgIpc) is 3.34. The normalized spacial score (nSPS) is 23.9. The smallest absolute Gasteiger partial charge is 0.241 e. The van der Waals surface area contributed by atoms with Gasteiger partial charge in [0.05, 0.1) is 13.7 Å². The molecule has 1 aliphatic carbocycles. The summed E-state index contributed by atoms with van der Waals surface area (Å²) in [5.41, 5.74) is 2.36. The van der Waals surface area contributed by atoms with Crippen LogP contribution in [0.25, 0.3) is 0 Å². The van der Waals surface area contributed by atoms with Crippen molar-refractivity contribution in [3.05, 3.63) is 47.3 Å². The van der Waals surface area contributed by atoms with E-state index in [1.54, 1.807) is 20.1 Å². The number of benzene rings is 2. The molecular weight excluding hydrogens is 573 g/mol. The second-order valence-electron chi connectivity index (χ2n) is 13.4. The van der Waals surface area contributed by atoms with Crippen LogP contribution in [0.5, 0.6) is 17.2 Å². The minimum atomic E-state index is -0.258. The Morgan fingerprint density at radius 3 is 2.64 bits per heavy atom. The van der Waals surface area contributed by atoms with E-state index in [9.17, 15) is 14.0 Å². The molecule has 2 saturated heterocycles. The van der Waals surface area contributed by atoms with Crippen molar-refractivity contribution in [2.24, 2.45) is 5.92 Å². The summed E-state index contributed by atoms with van der Waals surface area (Å²) in [5, 5.41) is 0. The van der Waals surface area contributed by atoms with Crippen molar-refractivity contribution in [1.29, 1.82) is 0 Å². The van der Waals surface area contributed by atoms with Crippen LogP contribution < -0.4 is 19.1 Å². The van der Waals surface area contributed by atoms with Crippen molar-refractivity contribution in [2.45, 2.75) is 96.1 Å². The molecule has 2 aromatic carbocycles. The van der Waals surface area contributed by atoms with Crippen LogP contribution in [0.2, 0.25) is 0 Å². The number of ether oxygens (including phenoxy) is 3. The van der Waals surface area contributed by atoms with E-state index in [0.29, 0.717) is 41.7 Å². The number of carbonyl (C=O) groups is 2. The second kappa shape index (κ2) is 13.2. The number of methoxy groups -OCH3 is 1. The van der Waals surface area contributed by atoms with Crippen LogP contribution in [-0.4, -0.2) is 73.3 Å². The van der Waals surface area contributed by atoms with Gasteiger partial charge in [0.25, 0.3) is 0 Å². The minimum absolute atomic E-state index is 0.0565. The van der Waals surface area contributed by atoms with E-state index in [1.165, 1.54) is 6.07 Å². The summed E-state index contributed by atoms with van der Waals surface area (Å²) in [6.07, 6.45) is 8.22. The van der Waals surface area contributed by atoms with Gasteiger partial charge in [0.1, 0.15) is 5.82 Å². The Morgan fingerprint density at radius 2 is 1.96 bits per heavy atom. The Morgan fingerprint density at radius 1 is 1.16 bits per heavy atom. The molecule has 6 rings (SSSR count). The zero-order valence-electron chi connectivity index (χ0n) is 27.3. The van der Waals surface area contributed by atoms with Crippen LogP contribution in [0.4, 0.5) is 10.1 Å². The molecule has 1 saturated carbocycles. The maximum absolute atomic E-state index is 14.5. The highest BCUT2D eigenvalue weighted by atomic mass is 19.1. The summed E-state index contributed by atoms with van der Waals surface area (Å²) in [7, 11) is 1.65. The standard InChI is InChI=1S/C36H48FN3O5/c1-5-8-28(9-6-2)40(29-11-12-30(37)24(3)16-29)34(42)22-39-21-26(25-17-31(43-4)35-32(18-25)44-23-45-35)19-36(39)20-27(36)13-15-38-14-7-10-33(38)41/h11-12,16-18,26-28H,5-10,13-15,19-23H2,1-4H3/t26-,27?,36?/m1/s1. The van der Waals surface area contributed by atoms with Gasteiger partial charge in [0.2, 0.25) is 24.4 Å². The third-order valence-electron chi connectivity index (χ3n) is 10.6. The highest BCUT2D eigenvalue weighted by molar-refractivity contribution is 5.95. The third-order valence-corrected chi connectivity index (χ3v) is 10.6. The first kappa shape index (κ1) is 31.6. The molecule has 3 atom stereocenters. The molecule has 1 spiro atoms. The van der Waals surface area contributed by atoms with Gasteiger partial charge in [-0.05, 0) is 98.7 Å². The number of anilines is 1. The van der Waals surface area contributed by atoms with Crippen molar-refractivity contribution in [1.82, 2.24) is 9.80 Å². The second-order valence-corrected chi connectivity index (χ2v) is 13.4. The molecule has 3 fully saturated rings. The molecule has 244 valence electrons. The quantitative estimate of drug-likeness (QED) is 0.257. The fourth-order valence-electron chi connectivity index (χ4n) is 8.17. The van der Waals surface area contributed by atoms with Crippen LogP contribution in [0.15, 0.2) is 30.3 Å². The first-order chi connectivity index (χ1) is 21.8. The SMILES string of the molecule is CCCC(CCC)N(C(=O)CN1C[C@H](c2cc(OC)c3c(c2)OCO3)CC12CC2CCN1CCCC1=O)c1ccc(F)c(C)c1. The highest BCUT2D eigenvalue weighted by Gasteiger charge is 2.62. The van der Waals surface area contributed by atoms with E-state index < -0.39 is 0 Å². The molecule has 3 aliphatic heterocycles. The molecule has 2 amide bonds. The van der Waals surface area contributed by atoms with Gasteiger partial charge in [-0.25, -0.2) is 4.39 Å². The van der Waals surface area contributed by atoms with Crippen molar-refractivity contribution >= 4 is 17.5 Å². The van der Waals surface area contributed by atoms with Crippen molar-refractivity contribution < 1.29 is 28.2 Å². The fraction of sp³-hybridized carbons (Fsp3) is 0.611. The fourth-order valence-corrected chi connectivity index (χ4v) is 8.17. The Labute approximate surface area is 266 Å². The van der Waals surface area contributed by atoms with Crippen molar-refractivity contribution in [2.75, 3.05) is 45.0 Å². The van der Waals surface area contributed by atoms with E-state index in [0.717, 1.165) is 82.3 Å². The lowest BCUT2D eigenvalue weighted by atomic mass is 9.93. The maximum Gasteiger partial charge on any atom is 0.241 e. The Balaban J connectivity index is 1.28. The molecule has 0 aromatic heterocycles. The topological polar surface area (TPSA) is 71.6 Å². The monoisotopic (exact) mass is 621 g/mol. The van der Waals surface area contributed by atoms with E-state index in [1.807, 2.05) is 15.9 Å². The van der Waals surface area contributed by atoms with Gasteiger partial charge in [0.15, 0.2) is 11.5 Å². The molecule has 9 heteroatoms. The van der Waals surface area contributed by atoms with E-state index in [-0.39, 0.29) is 41.9 Å². The summed E-state index contributed by atoms with van der Waals surface area (Å²) in [4.78, 5) is 33.2. The van der Waals surface area contributed by atoms with Crippen LogP contribution in [0.1, 0.15) is 88.7 Å². The van der Waals surface area contributed by atoms with Crippen LogP contribution >= 0.6 is 0 Å². The van der Waals surface area contributed by atoms with Gasteiger partial charge in [-0.3, -0.25) is 14.5 Å². The lowest BCUT2D eigenvalue weighted by Crippen LogP contribution is -2.48. The summed E-state index contributed by atoms with van der Waals surface area (Å²) < 4.78 is 31.4. The van der Waals surface area contributed by atoms with Crippen molar-refractivity contribution in [3.63, 3.8) is 0 Å². The van der Waals surface area contributed by atoms with Crippen LogP contribution in [0.3, 0.4) is 0 Å². The first-order valence-electron chi connectivity index (χ1n) is 16.9. The molecule has 8 nitrogen and oxygen atoms in total. The zero-order chi connectivity index (χ0) is 31.7. The maximum atomic E-state index is 14.5. The molecular formula is C36H48FN3O5. The molecule has 0 N–H and O–H groups in total. The number of carbonyl (C=O) groups excluding carboxylic acids is 2. The Bertz CT molecular complexity index is 1410. The number of rotatable bonds is 13. The molecule has 2 unspecified atom stereocenters. The average molecular weight is 622 g/mol. The van der Waals surface area contributed by atoms with Gasteiger partial charge in [-0.2, -0.15) is 0 Å². The Kier molecular flexibility index (Phi) is 9.27. The summed E-state index contributed by atoms with van der Waals surface area (Å²) >= 11 is 0. The zero-order valence-corrected chi connectivity index (χ0v) is 27.3. The number of nitrogens with zero attached hydrogens (tertiary/aromatic N) is 3. The predicted octanol–water partition coefficient (Wildman–Crippen LogP) is 6.43. The van der Waals surface area contributed by atoms with Gasteiger partial charge >= 0.3 is 0 Å². The molecule has 0 bridgehead atoms.